The number of imidazole rings is 1. The Kier molecular flexibility index (Phi) is 6.60. The van der Waals surface area contributed by atoms with E-state index in [1.54, 1.807) is 65.4 Å². The molecule has 0 aliphatic carbocycles. The number of ether oxygens (including phenoxy) is 1. The van der Waals surface area contributed by atoms with Crippen LogP contribution in [0.5, 0.6) is 5.75 Å². The van der Waals surface area contributed by atoms with Crippen molar-refractivity contribution < 1.29 is 27.9 Å². The lowest BCUT2D eigenvalue weighted by Crippen LogP contribution is -2.39. The Bertz CT molecular complexity index is 1660. The van der Waals surface area contributed by atoms with Crippen molar-refractivity contribution in [2.24, 2.45) is 0 Å². The predicted octanol–water partition coefficient (Wildman–Crippen LogP) is 2.78. The van der Waals surface area contributed by atoms with Crippen LogP contribution >= 0.6 is 0 Å². The first-order valence-electron chi connectivity index (χ1n) is 11.9. The molecule has 1 aliphatic heterocycles. The van der Waals surface area contributed by atoms with Gasteiger partial charge < -0.3 is 24.2 Å². The van der Waals surface area contributed by atoms with Crippen molar-refractivity contribution in [2.75, 3.05) is 31.9 Å². The second kappa shape index (κ2) is 9.91. The molecule has 0 spiro atoms. The molecular formula is C26H26N6O6S. The normalized spacial score (nSPS) is 13.3. The molecule has 1 N–H and O–H groups in total. The zero-order chi connectivity index (χ0) is 27.9. The molecule has 4 aromatic rings. The fourth-order valence-corrected chi connectivity index (χ4v) is 5.42. The van der Waals surface area contributed by atoms with E-state index in [0.717, 1.165) is 16.8 Å². The van der Waals surface area contributed by atoms with E-state index in [9.17, 15) is 23.1 Å². The first-order chi connectivity index (χ1) is 18.6. The Morgan fingerprint density at radius 2 is 1.72 bits per heavy atom. The Hall–Kier alpha value is -4.65. The Morgan fingerprint density at radius 3 is 2.33 bits per heavy atom. The maximum atomic E-state index is 13.8. The SMILES string of the molecule is COc1ccc(-n2nc(S(C)(=O)=O)c3c2C(=O)N(c2ccc(-n4ccnc4CN(C)C(=O)O)cc2)CC3)cc1. The fourth-order valence-electron chi connectivity index (χ4n) is 4.54. The van der Waals surface area contributed by atoms with Crippen LogP contribution in [-0.4, -0.2) is 76.7 Å². The molecule has 0 saturated carbocycles. The van der Waals surface area contributed by atoms with Crippen molar-refractivity contribution in [3.05, 3.63) is 78.0 Å². The first kappa shape index (κ1) is 26.0. The average Bonchev–Trinajstić information content (AvgIpc) is 3.54. The highest BCUT2D eigenvalue weighted by Crippen LogP contribution is 2.31. The second-order valence-electron chi connectivity index (χ2n) is 9.09. The van der Waals surface area contributed by atoms with Crippen LogP contribution < -0.4 is 9.64 Å². The fraction of sp³-hybridized carbons (Fsp3) is 0.231. The maximum absolute atomic E-state index is 13.8. The van der Waals surface area contributed by atoms with Crippen LogP contribution in [0.25, 0.3) is 11.4 Å². The molecule has 0 saturated heterocycles. The van der Waals surface area contributed by atoms with E-state index in [0.29, 0.717) is 34.9 Å². The van der Waals surface area contributed by atoms with Gasteiger partial charge in [0.1, 0.15) is 17.3 Å². The zero-order valence-electron chi connectivity index (χ0n) is 21.5. The molecule has 0 unspecified atom stereocenters. The van der Waals surface area contributed by atoms with Crippen LogP contribution in [0.2, 0.25) is 0 Å². The van der Waals surface area contributed by atoms with Gasteiger partial charge in [0.2, 0.25) is 0 Å². The molecule has 0 bridgehead atoms. The predicted molar refractivity (Wildman–Crippen MR) is 142 cm³/mol. The van der Waals surface area contributed by atoms with Gasteiger partial charge in [-0.15, -0.1) is 0 Å². The summed E-state index contributed by atoms with van der Waals surface area (Å²) in [6, 6.07) is 14.0. The number of sulfone groups is 1. The number of carboxylic acid groups (broad SMARTS) is 1. The lowest BCUT2D eigenvalue weighted by atomic mass is 10.1. The van der Waals surface area contributed by atoms with Gasteiger partial charge in [-0.1, -0.05) is 0 Å². The average molecular weight is 551 g/mol. The molecule has 3 heterocycles. The van der Waals surface area contributed by atoms with Gasteiger partial charge in [-0.3, -0.25) is 4.79 Å². The van der Waals surface area contributed by atoms with Gasteiger partial charge in [0, 0.05) is 49.2 Å². The van der Waals surface area contributed by atoms with E-state index in [-0.39, 0.29) is 29.7 Å². The summed E-state index contributed by atoms with van der Waals surface area (Å²) in [6.07, 6.45) is 3.67. The summed E-state index contributed by atoms with van der Waals surface area (Å²) in [5.74, 6) is 0.795. The molecule has 0 fully saturated rings. The third-order valence-electron chi connectivity index (χ3n) is 6.51. The summed E-state index contributed by atoms with van der Waals surface area (Å²) >= 11 is 0. The molecule has 202 valence electrons. The summed E-state index contributed by atoms with van der Waals surface area (Å²) in [5.41, 5.74) is 2.51. The van der Waals surface area contributed by atoms with E-state index >= 15 is 0 Å². The van der Waals surface area contributed by atoms with E-state index in [1.165, 1.54) is 11.7 Å². The van der Waals surface area contributed by atoms with Crippen molar-refractivity contribution in [1.82, 2.24) is 24.2 Å². The van der Waals surface area contributed by atoms with Gasteiger partial charge in [-0.2, -0.15) is 5.10 Å². The summed E-state index contributed by atoms with van der Waals surface area (Å²) in [6.45, 7) is 0.386. The number of hydrogen-bond acceptors (Lipinski definition) is 7. The number of benzene rings is 2. The molecule has 12 nitrogen and oxygen atoms in total. The molecule has 0 atom stereocenters. The van der Waals surface area contributed by atoms with Crippen LogP contribution in [0.4, 0.5) is 10.5 Å². The lowest BCUT2D eigenvalue weighted by Gasteiger charge is -2.28. The van der Waals surface area contributed by atoms with Crippen molar-refractivity contribution in [3.63, 3.8) is 0 Å². The number of methoxy groups -OCH3 is 1. The summed E-state index contributed by atoms with van der Waals surface area (Å²) in [4.78, 5) is 32.0. The second-order valence-corrected chi connectivity index (χ2v) is 11.0. The van der Waals surface area contributed by atoms with E-state index in [2.05, 4.69) is 10.1 Å². The van der Waals surface area contributed by atoms with Gasteiger partial charge >= 0.3 is 6.09 Å². The number of carbonyl (C=O) groups excluding carboxylic acids is 1. The van der Waals surface area contributed by atoms with Crippen LogP contribution in [0.1, 0.15) is 21.9 Å². The molecule has 13 heteroatoms. The number of rotatable bonds is 7. The third-order valence-corrected chi connectivity index (χ3v) is 7.54. The van der Waals surface area contributed by atoms with Crippen LogP contribution in [0.15, 0.2) is 66.0 Å². The van der Waals surface area contributed by atoms with Gasteiger partial charge in [-0.25, -0.2) is 22.9 Å². The number of amides is 2. The molecule has 2 amide bonds. The van der Waals surface area contributed by atoms with Gasteiger partial charge in [0.05, 0.1) is 19.3 Å². The van der Waals surface area contributed by atoms with Crippen LogP contribution in [-0.2, 0) is 22.8 Å². The summed E-state index contributed by atoms with van der Waals surface area (Å²) in [5, 5.41) is 13.4. The van der Waals surface area contributed by atoms with E-state index in [1.807, 2.05) is 12.1 Å². The number of fused-ring (bicyclic) bond motifs is 1. The highest BCUT2D eigenvalue weighted by atomic mass is 32.2. The van der Waals surface area contributed by atoms with Crippen LogP contribution in [0.3, 0.4) is 0 Å². The molecular weight excluding hydrogens is 524 g/mol. The van der Waals surface area contributed by atoms with Crippen molar-refractivity contribution >= 4 is 27.5 Å². The zero-order valence-corrected chi connectivity index (χ0v) is 22.3. The minimum atomic E-state index is -3.68. The maximum Gasteiger partial charge on any atom is 0.407 e. The molecule has 5 rings (SSSR count). The standard InChI is InChI=1S/C26H26N6O6S/c1-29(26(34)35)16-22-27-13-15-30(22)17-4-6-18(7-5-17)31-14-12-21-23(25(31)33)32(28-24(21)39(3,36)37)19-8-10-20(38-2)11-9-19/h4-11,13,15H,12,14,16H2,1-3H3,(H,34,35). The van der Waals surface area contributed by atoms with Crippen molar-refractivity contribution in [2.45, 2.75) is 18.0 Å². The number of carbonyl (C=O) groups is 2. The topological polar surface area (TPSA) is 140 Å². The van der Waals surface area contributed by atoms with E-state index in [4.69, 9.17) is 4.74 Å². The Labute approximate surface area is 224 Å². The number of anilines is 1. The molecule has 39 heavy (non-hydrogen) atoms. The van der Waals surface area contributed by atoms with Crippen molar-refractivity contribution in [3.8, 4) is 17.1 Å². The van der Waals surface area contributed by atoms with Gasteiger partial charge in [-0.05, 0) is 55.0 Å². The minimum Gasteiger partial charge on any atom is -0.497 e. The monoisotopic (exact) mass is 550 g/mol. The lowest BCUT2D eigenvalue weighted by molar-refractivity contribution is 0.0973. The molecule has 2 aromatic carbocycles. The molecule has 1 aliphatic rings. The Balaban J connectivity index is 1.49. The number of aromatic nitrogens is 4. The third kappa shape index (κ3) is 4.83. The first-order valence-corrected chi connectivity index (χ1v) is 13.8. The quantitative estimate of drug-likeness (QED) is 0.371. The smallest absolute Gasteiger partial charge is 0.407 e. The highest BCUT2D eigenvalue weighted by Gasteiger charge is 2.35. The van der Waals surface area contributed by atoms with Gasteiger partial charge in [0.25, 0.3) is 5.91 Å². The van der Waals surface area contributed by atoms with Gasteiger partial charge in [0.15, 0.2) is 14.9 Å². The number of hydrogen-bond donors (Lipinski definition) is 1. The van der Waals surface area contributed by atoms with Crippen molar-refractivity contribution in [1.29, 1.82) is 0 Å². The summed E-state index contributed by atoms with van der Waals surface area (Å²) < 4.78 is 33.4. The minimum absolute atomic E-state index is 0.101. The highest BCUT2D eigenvalue weighted by molar-refractivity contribution is 7.90. The summed E-state index contributed by atoms with van der Waals surface area (Å²) in [7, 11) is -0.667. The van der Waals surface area contributed by atoms with Crippen LogP contribution in [0, 0.1) is 0 Å². The molecule has 0 radical (unpaired) electrons. The Morgan fingerprint density at radius 1 is 1.08 bits per heavy atom. The molecule has 2 aromatic heterocycles. The largest absolute Gasteiger partial charge is 0.497 e. The number of nitrogens with zero attached hydrogens (tertiary/aromatic N) is 6. The van der Waals surface area contributed by atoms with E-state index < -0.39 is 15.9 Å².